The lowest BCUT2D eigenvalue weighted by Gasteiger charge is -2.07. The molecule has 0 aliphatic heterocycles. The molecule has 104 valence electrons. The molecule has 19 heavy (non-hydrogen) atoms. The van der Waals surface area contributed by atoms with Crippen LogP contribution in [-0.2, 0) is 9.53 Å². The molecule has 0 spiro atoms. The van der Waals surface area contributed by atoms with Crippen molar-refractivity contribution in [3.63, 3.8) is 0 Å². The lowest BCUT2D eigenvalue weighted by Crippen LogP contribution is -2.29. The summed E-state index contributed by atoms with van der Waals surface area (Å²) in [6.45, 7) is 4.58. The topological polar surface area (TPSA) is 67.4 Å². The molecule has 0 aliphatic carbocycles. The van der Waals surface area contributed by atoms with Crippen LogP contribution < -0.4 is 10.6 Å². The summed E-state index contributed by atoms with van der Waals surface area (Å²) in [4.78, 5) is 22.6. The van der Waals surface area contributed by atoms with Crippen molar-refractivity contribution in [2.75, 3.05) is 18.5 Å². The monoisotopic (exact) mass is 264 g/mol. The maximum atomic E-state index is 11.5. The number of urea groups is 1. The number of esters is 1. The van der Waals surface area contributed by atoms with Crippen molar-refractivity contribution in [2.24, 2.45) is 0 Å². The molecule has 1 aromatic carbocycles. The van der Waals surface area contributed by atoms with Crippen LogP contribution in [0.2, 0.25) is 0 Å². The zero-order valence-electron chi connectivity index (χ0n) is 11.4. The molecule has 0 atom stereocenters. The predicted octanol–water partition coefficient (Wildman–Crippen LogP) is 2.46. The number of benzene rings is 1. The number of aryl methyl sites for hydroxylation is 1. The van der Waals surface area contributed by atoms with Gasteiger partial charge in [0, 0.05) is 18.7 Å². The summed E-state index contributed by atoms with van der Waals surface area (Å²) in [5, 5.41) is 5.40. The van der Waals surface area contributed by atoms with Gasteiger partial charge in [0.25, 0.3) is 0 Å². The highest BCUT2D eigenvalue weighted by atomic mass is 16.5. The van der Waals surface area contributed by atoms with Gasteiger partial charge in [0.15, 0.2) is 0 Å². The standard InChI is InChI=1S/C14H20N2O3/c1-3-19-13(17)5-4-10-15-14(18)16-12-8-6-11(2)7-9-12/h6-9H,3-5,10H2,1-2H3,(H2,15,16,18). The number of hydrogen-bond acceptors (Lipinski definition) is 3. The van der Waals surface area contributed by atoms with Crippen molar-refractivity contribution in [2.45, 2.75) is 26.7 Å². The first-order valence-corrected chi connectivity index (χ1v) is 6.39. The van der Waals surface area contributed by atoms with Crippen LogP contribution in [0.5, 0.6) is 0 Å². The Kier molecular flexibility index (Phi) is 6.43. The van der Waals surface area contributed by atoms with Gasteiger partial charge in [-0.15, -0.1) is 0 Å². The van der Waals surface area contributed by atoms with E-state index in [4.69, 9.17) is 4.74 Å². The first-order valence-electron chi connectivity index (χ1n) is 6.39. The fourth-order valence-corrected chi connectivity index (χ4v) is 1.48. The largest absolute Gasteiger partial charge is 0.466 e. The summed E-state index contributed by atoms with van der Waals surface area (Å²) in [5.41, 5.74) is 1.88. The highest BCUT2D eigenvalue weighted by molar-refractivity contribution is 5.89. The number of nitrogens with one attached hydrogen (secondary N) is 2. The quantitative estimate of drug-likeness (QED) is 0.612. The lowest BCUT2D eigenvalue weighted by atomic mass is 10.2. The molecule has 0 saturated carbocycles. The van der Waals surface area contributed by atoms with Gasteiger partial charge in [0.2, 0.25) is 0 Å². The van der Waals surface area contributed by atoms with E-state index in [0.29, 0.717) is 26.0 Å². The Morgan fingerprint density at radius 3 is 2.53 bits per heavy atom. The van der Waals surface area contributed by atoms with Crippen LogP contribution in [0.1, 0.15) is 25.3 Å². The third-order valence-electron chi connectivity index (χ3n) is 2.46. The van der Waals surface area contributed by atoms with Crippen LogP contribution in [0.3, 0.4) is 0 Å². The Morgan fingerprint density at radius 2 is 1.89 bits per heavy atom. The molecular weight excluding hydrogens is 244 g/mol. The second-order valence-electron chi connectivity index (χ2n) is 4.16. The van der Waals surface area contributed by atoms with E-state index < -0.39 is 0 Å². The highest BCUT2D eigenvalue weighted by Gasteiger charge is 2.03. The van der Waals surface area contributed by atoms with Gasteiger partial charge in [-0.25, -0.2) is 4.79 Å². The molecule has 1 rings (SSSR count). The maximum Gasteiger partial charge on any atom is 0.319 e. The molecule has 2 N–H and O–H groups in total. The van der Waals surface area contributed by atoms with Crippen molar-refractivity contribution in [3.8, 4) is 0 Å². The first kappa shape index (κ1) is 15.0. The number of rotatable bonds is 6. The van der Waals surface area contributed by atoms with Crippen LogP contribution in [-0.4, -0.2) is 25.2 Å². The molecule has 0 heterocycles. The third kappa shape index (κ3) is 6.45. The van der Waals surface area contributed by atoms with E-state index in [0.717, 1.165) is 11.3 Å². The second kappa shape index (κ2) is 8.13. The van der Waals surface area contributed by atoms with Gasteiger partial charge >= 0.3 is 12.0 Å². The van der Waals surface area contributed by atoms with E-state index in [1.54, 1.807) is 6.92 Å². The van der Waals surface area contributed by atoms with Crippen molar-refractivity contribution < 1.29 is 14.3 Å². The smallest absolute Gasteiger partial charge is 0.319 e. The maximum absolute atomic E-state index is 11.5. The normalized spacial score (nSPS) is 9.79. The van der Waals surface area contributed by atoms with Crippen LogP contribution in [0, 0.1) is 6.92 Å². The number of hydrogen-bond donors (Lipinski definition) is 2. The minimum atomic E-state index is -0.271. The Hall–Kier alpha value is -2.04. The molecule has 0 aliphatic rings. The van der Waals surface area contributed by atoms with Gasteiger partial charge in [-0.05, 0) is 32.4 Å². The van der Waals surface area contributed by atoms with E-state index >= 15 is 0 Å². The summed E-state index contributed by atoms with van der Waals surface area (Å²) in [5.74, 6) is -0.233. The van der Waals surface area contributed by atoms with E-state index in [2.05, 4.69) is 10.6 Å². The lowest BCUT2D eigenvalue weighted by molar-refractivity contribution is -0.143. The van der Waals surface area contributed by atoms with Gasteiger partial charge in [-0.3, -0.25) is 4.79 Å². The van der Waals surface area contributed by atoms with Gasteiger partial charge in [0.05, 0.1) is 6.61 Å². The first-order chi connectivity index (χ1) is 9.11. The van der Waals surface area contributed by atoms with Crippen molar-refractivity contribution in [1.82, 2.24) is 5.32 Å². The summed E-state index contributed by atoms with van der Waals surface area (Å²) in [6.07, 6.45) is 0.888. The molecule has 1 aromatic rings. The molecule has 0 saturated heterocycles. The molecule has 5 nitrogen and oxygen atoms in total. The zero-order valence-corrected chi connectivity index (χ0v) is 11.4. The van der Waals surface area contributed by atoms with E-state index in [9.17, 15) is 9.59 Å². The number of anilines is 1. The Balaban J connectivity index is 2.18. The summed E-state index contributed by atoms with van der Waals surface area (Å²) in [6, 6.07) is 7.26. The second-order valence-corrected chi connectivity index (χ2v) is 4.16. The fraction of sp³-hybridized carbons (Fsp3) is 0.429. The van der Waals surface area contributed by atoms with Crippen LogP contribution >= 0.6 is 0 Å². The minimum absolute atomic E-state index is 0.233. The Labute approximate surface area is 113 Å². The van der Waals surface area contributed by atoms with E-state index in [1.807, 2.05) is 31.2 Å². The SMILES string of the molecule is CCOC(=O)CCCNC(=O)Nc1ccc(C)cc1. The van der Waals surface area contributed by atoms with E-state index in [1.165, 1.54) is 0 Å². The average Bonchev–Trinajstić information content (AvgIpc) is 2.38. The summed E-state index contributed by atoms with van der Waals surface area (Å²) < 4.78 is 4.79. The Morgan fingerprint density at radius 1 is 1.21 bits per heavy atom. The molecule has 0 fully saturated rings. The molecule has 0 bridgehead atoms. The van der Waals surface area contributed by atoms with Crippen LogP contribution in [0.15, 0.2) is 24.3 Å². The van der Waals surface area contributed by atoms with Crippen molar-refractivity contribution in [1.29, 1.82) is 0 Å². The fourth-order valence-electron chi connectivity index (χ4n) is 1.48. The van der Waals surface area contributed by atoms with Gasteiger partial charge < -0.3 is 15.4 Å². The molecular formula is C14H20N2O3. The minimum Gasteiger partial charge on any atom is -0.466 e. The molecule has 0 aromatic heterocycles. The van der Waals surface area contributed by atoms with Gasteiger partial charge in [-0.1, -0.05) is 17.7 Å². The number of carbonyl (C=O) groups is 2. The summed E-state index contributed by atoms with van der Waals surface area (Å²) >= 11 is 0. The van der Waals surface area contributed by atoms with Gasteiger partial charge in [-0.2, -0.15) is 0 Å². The molecule has 2 amide bonds. The molecule has 0 unspecified atom stereocenters. The van der Waals surface area contributed by atoms with E-state index in [-0.39, 0.29) is 12.0 Å². The van der Waals surface area contributed by atoms with Crippen molar-refractivity contribution in [3.05, 3.63) is 29.8 Å². The predicted molar refractivity (Wildman–Crippen MR) is 74.1 cm³/mol. The van der Waals surface area contributed by atoms with Crippen LogP contribution in [0.4, 0.5) is 10.5 Å². The third-order valence-corrected chi connectivity index (χ3v) is 2.46. The molecule has 0 radical (unpaired) electrons. The van der Waals surface area contributed by atoms with Gasteiger partial charge in [0.1, 0.15) is 0 Å². The number of ether oxygens (including phenoxy) is 1. The molecule has 5 heteroatoms. The average molecular weight is 264 g/mol. The zero-order chi connectivity index (χ0) is 14.1. The van der Waals surface area contributed by atoms with Crippen molar-refractivity contribution >= 4 is 17.7 Å². The number of amides is 2. The summed E-state index contributed by atoms with van der Waals surface area (Å²) in [7, 11) is 0. The Bertz CT molecular complexity index is 415. The van der Waals surface area contributed by atoms with Crippen LogP contribution in [0.25, 0.3) is 0 Å². The number of carbonyl (C=O) groups excluding carboxylic acids is 2. The highest BCUT2D eigenvalue weighted by Crippen LogP contribution is 2.07.